The van der Waals surface area contributed by atoms with Crippen LogP contribution in [0.25, 0.3) is 11.1 Å². The molecule has 1 aliphatic carbocycles. The van der Waals surface area contributed by atoms with Gasteiger partial charge in [-0.25, -0.2) is 4.79 Å². The number of carboxylic acids is 1. The maximum Gasteiger partial charge on any atom is 0.407 e. The van der Waals surface area contributed by atoms with E-state index < -0.39 is 17.6 Å². The lowest BCUT2D eigenvalue weighted by molar-refractivity contribution is -0.138. The fourth-order valence-corrected chi connectivity index (χ4v) is 3.74. The van der Waals surface area contributed by atoms with E-state index >= 15 is 0 Å². The minimum Gasteiger partial charge on any atom is -0.481 e. The molecule has 28 heavy (non-hydrogen) atoms. The maximum atomic E-state index is 12.4. The van der Waals surface area contributed by atoms with Gasteiger partial charge in [0.1, 0.15) is 6.61 Å². The number of aliphatic carboxylic acids is 1. The maximum absolute atomic E-state index is 12.4. The smallest absolute Gasteiger partial charge is 0.407 e. The van der Waals surface area contributed by atoms with Crippen molar-refractivity contribution in [2.24, 2.45) is 0 Å². The number of carbonyl (C=O) groups is 2. The molecule has 0 fully saturated rings. The van der Waals surface area contributed by atoms with E-state index in [0.717, 1.165) is 22.3 Å². The summed E-state index contributed by atoms with van der Waals surface area (Å²) in [6, 6.07) is 16.2. The van der Waals surface area contributed by atoms with Gasteiger partial charge in [0, 0.05) is 19.6 Å². The highest BCUT2D eigenvalue weighted by Crippen LogP contribution is 2.44. The van der Waals surface area contributed by atoms with Gasteiger partial charge in [0.05, 0.1) is 12.0 Å². The summed E-state index contributed by atoms with van der Waals surface area (Å²) in [7, 11) is 1.54. The molecule has 0 aromatic heterocycles. The van der Waals surface area contributed by atoms with Crippen molar-refractivity contribution in [2.75, 3.05) is 20.3 Å². The van der Waals surface area contributed by atoms with Crippen LogP contribution in [0.4, 0.5) is 4.79 Å². The summed E-state index contributed by atoms with van der Waals surface area (Å²) in [6.45, 7) is 2.21. The lowest BCUT2D eigenvalue weighted by Crippen LogP contribution is -2.48. The van der Waals surface area contributed by atoms with Crippen molar-refractivity contribution in [1.29, 1.82) is 0 Å². The third-order valence-electron chi connectivity index (χ3n) is 5.15. The third kappa shape index (κ3) is 4.34. The molecule has 2 aromatic carbocycles. The molecular formula is C22H25NO5. The van der Waals surface area contributed by atoms with Gasteiger partial charge in [-0.2, -0.15) is 0 Å². The number of carbonyl (C=O) groups excluding carboxylic acids is 1. The molecular weight excluding hydrogens is 358 g/mol. The van der Waals surface area contributed by atoms with Crippen LogP contribution in [0.1, 0.15) is 36.8 Å². The van der Waals surface area contributed by atoms with E-state index in [1.807, 2.05) is 36.4 Å². The normalized spacial score (nSPS) is 14.6. The summed E-state index contributed by atoms with van der Waals surface area (Å²) >= 11 is 0. The Balaban J connectivity index is 1.69. The van der Waals surface area contributed by atoms with E-state index in [-0.39, 0.29) is 18.9 Å². The van der Waals surface area contributed by atoms with Crippen LogP contribution < -0.4 is 5.32 Å². The summed E-state index contributed by atoms with van der Waals surface area (Å²) in [5, 5.41) is 11.9. The van der Waals surface area contributed by atoms with Crippen LogP contribution in [0.15, 0.2) is 48.5 Å². The minimum absolute atomic E-state index is 0.0390. The Bertz CT molecular complexity index is 820. The van der Waals surface area contributed by atoms with Crippen molar-refractivity contribution in [3.8, 4) is 11.1 Å². The highest BCUT2D eigenvalue weighted by atomic mass is 16.5. The molecule has 0 radical (unpaired) electrons. The van der Waals surface area contributed by atoms with Gasteiger partial charge in [0.2, 0.25) is 0 Å². The number of ether oxygens (including phenoxy) is 2. The quantitative estimate of drug-likeness (QED) is 0.724. The monoisotopic (exact) mass is 383 g/mol. The van der Waals surface area contributed by atoms with E-state index in [9.17, 15) is 9.59 Å². The van der Waals surface area contributed by atoms with Gasteiger partial charge < -0.3 is 19.9 Å². The molecule has 2 N–H and O–H groups in total. The number of carboxylic acid groups (broad SMARTS) is 1. The van der Waals surface area contributed by atoms with Gasteiger partial charge in [-0.1, -0.05) is 48.5 Å². The number of methoxy groups -OCH3 is 1. The Labute approximate surface area is 164 Å². The molecule has 0 heterocycles. The van der Waals surface area contributed by atoms with Gasteiger partial charge in [-0.05, 0) is 35.6 Å². The van der Waals surface area contributed by atoms with Crippen LogP contribution in [0.3, 0.4) is 0 Å². The Morgan fingerprint density at radius 3 is 2.18 bits per heavy atom. The van der Waals surface area contributed by atoms with Crippen LogP contribution in [0.2, 0.25) is 0 Å². The number of hydrogen-bond acceptors (Lipinski definition) is 4. The summed E-state index contributed by atoms with van der Waals surface area (Å²) in [6.07, 6.45) is -0.456. The second-order valence-corrected chi connectivity index (χ2v) is 7.32. The van der Waals surface area contributed by atoms with E-state index in [0.29, 0.717) is 13.0 Å². The predicted molar refractivity (Wildman–Crippen MR) is 105 cm³/mol. The second kappa shape index (κ2) is 8.44. The molecule has 1 atom stereocenters. The average Bonchev–Trinajstić information content (AvgIpc) is 2.98. The zero-order valence-electron chi connectivity index (χ0n) is 16.1. The highest BCUT2D eigenvalue weighted by Gasteiger charge is 2.32. The first-order valence-electron chi connectivity index (χ1n) is 9.27. The number of benzene rings is 2. The Kier molecular flexibility index (Phi) is 5.99. The topological polar surface area (TPSA) is 84.9 Å². The molecule has 6 nitrogen and oxygen atoms in total. The van der Waals surface area contributed by atoms with Crippen molar-refractivity contribution in [1.82, 2.24) is 5.32 Å². The van der Waals surface area contributed by atoms with Crippen molar-refractivity contribution >= 4 is 12.1 Å². The second-order valence-electron chi connectivity index (χ2n) is 7.32. The van der Waals surface area contributed by atoms with Crippen LogP contribution in [0.5, 0.6) is 0 Å². The van der Waals surface area contributed by atoms with E-state index in [1.54, 1.807) is 6.92 Å². The first-order chi connectivity index (χ1) is 13.4. The molecule has 0 aliphatic heterocycles. The molecule has 1 amide bonds. The Morgan fingerprint density at radius 1 is 1.07 bits per heavy atom. The van der Waals surface area contributed by atoms with Gasteiger partial charge in [-0.3, -0.25) is 4.79 Å². The van der Waals surface area contributed by atoms with E-state index in [1.165, 1.54) is 7.11 Å². The van der Waals surface area contributed by atoms with Crippen molar-refractivity contribution in [3.05, 3.63) is 59.7 Å². The summed E-state index contributed by atoms with van der Waals surface area (Å²) in [4.78, 5) is 23.6. The molecule has 6 heteroatoms. The fraction of sp³-hybridized carbons (Fsp3) is 0.364. The molecule has 0 spiro atoms. The van der Waals surface area contributed by atoms with Crippen LogP contribution >= 0.6 is 0 Å². The fourth-order valence-electron chi connectivity index (χ4n) is 3.74. The highest BCUT2D eigenvalue weighted by molar-refractivity contribution is 5.79. The van der Waals surface area contributed by atoms with Gasteiger partial charge in [0.25, 0.3) is 0 Å². The lowest BCUT2D eigenvalue weighted by Gasteiger charge is -2.29. The van der Waals surface area contributed by atoms with Crippen molar-refractivity contribution < 1.29 is 24.2 Å². The molecule has 0 bridgehead atoms. The van der Waals surface area contributed by atoms with Crippen molar-refractivity contribution in [3.63, 3.8) is 0 Å². The predicted octanol–water partition coefficient (Wildman–Crippen LogP) is 3.80. The first kappa shape index (κ1) is 19.9. The summed E-state index contributed by atoms with van der Waals surface area (Å²) < 4.78 is 10.5. The van der Waals surface area contributed by atoms with Gasteiger partial charge in [-0.15, -0.1) is 0 Å². The summed E-state index contributed by atoms with van der Waals surface area (Å²) in [5.74, 6) is -1.03. The number of hydrogen-bond donors (Lipinski definition) is 2. The molecule has 148 valence electrons. The average molecular weight is 383 g/mol. The van der Waals surface area contributed by atoms with Crippen LogP contribution in [-0.4, -0.2) is 43.0 Å². The molecule has 2 aromatic rings. The molecule has 1 unspecified atom stereocenters. The number of amides is 1. The largest absolute Gasteiger partial charge is 0.481 e. The Hall–Kier alpha value is -2.86. The van der Waals surface area contributed by atoms with E-state index in [4.69, 9.17) is 14.6 Å². The standard InChI is InChI=1S/C22H25NO5/c1-22(11-12-27-2,13-20(24)25)23-21(26)28-14-19-17-9-5-3-7-15(17)16-8-4-6-10-18(16)19/h3-10,19H,11-14H2,1-2H3,(H,23,26)(H,24,25). The zero-order chi connectivity index (χ0) is 20.1. The van der Waals surface area contributed by atoms with Crippen molar-refractivity contribution in [2.45, 2.75) is 31.2 Å². The minimum atomic E-state index is -0.988. The molecule has 1 aliphatic rings. The summed E-state index contributed by atoms with van der Waals surface area (Å²) in [5.41, 5.74) is 3.63. The van der Waals surface area contributed by atoms with Gasteiger partial charge in [0.15, 0.2) is 0 Å². The molecule has 3 rings (SSSR count). The van der Waals surface area contributed by atoms with Crippen LogP contribution in [-0.2, 0) is 14.3 Å². The third-order valence-corrected chi connectivity index (χ3v) is 5.15. The SMILES string of the molecule is COCCC(C)(CC(=O)O)NC(=O)OCC1c2ccccc2-c2ccccc21. The molecule has 0 saturated carbocycles. The zero-order valence-corrected chi connectivity index (χ0v) is 16.1. The Morgan fingerprint density at radius 2 is 1.64 bits per heavy atom. The molecule has 0 saturated heterocycles. The first-order valence-corrected chi connectivity index (χ1v) is 9.27. The number of alkyl carbamates (subject to hydrolysis) is 1. The van der Waals surface area contributed by atoms with E-state index in [2.05, 4.69) is 17.4 Å². The number of rotatable bonds is 8. The number of fused-ring (bicyclic) bond motifs is 3. The van der Waals surface area contributed by atoms with Crippen LogP contribution in [0, 0.1) is 0 Å². The lowest BCUT2D eigenvalue weighted by atomic mass is 9.94. The van der Waals surface area contributed by atoms with Gasteiger partial charge >= 0.3 is 12.1 Å². The number of nitrogens with one attached hydrogen (secondary N) is 1.